The molecule has 1 rings (SSSR count). The van der Waals surface area contributed by atoms with E-state index < -0.39 is 7.32 Å². The molecule has 0 atom stereocenters. The van der Waals surface area contributed by atoms with Crippen molar-refractivity contribution in [3.63, 3.8) is 0 Å². The van der Waals surface area contributed by atoms with Crippen LogP contribution >= 0.6 is 0 Å². The van der Waals surface area contributed by atoms with Crippen molar-refractivity contribution in [2.24, 2.45) is 0 Å². The largest absolute Gasteiger partial charge is 0.631 e. The maximum Gasteiger partial charge on any atom is 0.631 e. The molecule has 0 unspecified atom stereocenters. The minimum Gasteiger partial charge on any atom is -0.402 e. The molecule has 0 fully saturated rings. The average molecular weight is 182 g/mol. The second kappa shape index (κ2) is 5.75. The quantitative estimate of drug-likeness (QED) is 0.513. The summed E-state index contributed by atoms with van der Waals surface area (Å²) >= 11 is 0. The number of aryl methyl sites for hydroxylation is 3. The summed E-state index contributed by atoms with van der Waals surface area (Å²) in [6.07, 6.45) is 0. The third-order valence-electron chi connectivity index (χ3n) is 1.37. The molecule has 0 aliphatic carbocycles. The highest BCUT2D eigenvalue weighted by Crippen LogP contribution is 2.06. The Bertz CT molecular complexity index is 208. The highest BCUT2D eigenvalue weighted by Gasteiger charge is 1.92. The molecule has 13 heavy (non-hydrogen) atoms. The van der Waals surface area contributed by atoms with E-state index in [1.807, 2.05) is 0 Å². The second-order valence-electron chi connectivity index (χ2n) is 3.01. The van der Waals surface area contributed by atoms with Crippen LogP contribution in [0.2, 0.25) is 0 Å². The Kier molecular flexibility index (Phi) is 5.38. The predicted octanol–water partition coefficient (Wildman–Crippen LogP) is 0.560. The van der Waals surface area contributed by atoms with Gasteiger partial charge in [-0.25, -0.2) is 0 Å². The number of hydrogen-bond acceptors (Lipinski definition) is 3. The zero-order valence-electron chi connectivity index (χ0n) is 8.15. The van der Waals surface area contributed by atoms with Gasteiger partial charge in [-0.1, -0.05) is 34.9 Å². The third kappa shape index (κ3) is 7.52. The van der Waals surface area contributed by atoms with Crippen molar-refractivity contribution in [1.82, 2.24) is 0 Å². The fourth-order valence-electron chi connectivity index (χ4n) is 1.20. The summed E-state index contributed by atoms with van der Waals surface area (Å²) in [6.45, 7) is 6.38. The molecule has 4 heteroatoms. The lowest BCUT2D eigenvalue weighted by atomic mass is 10.1. The van der Waals surface area contributed by atoms with Gasteiger partial charge in [-0.3, -0.25) is 0 Å². The van der Waals surface area contributed by atoms with Crippen LogP contribution in [0.1, 0.15) is 16.7 Å². The molecule has 0 saturated carbocycles. The molecule has 1 aromatic rings. The Balaban J connectivity index is 0.000000310. The first-order chi connectivity index (χ1) is 5.91. The third-order valence-corrected chi connectivity index (χ3v) is 1.37. The Labute approximate surface area is 78.8 Å². The van der Waals surface area contributed by atoms with Gasteiger partial charge >= 0.3 is 7.32 Å². The van der Waals surface area contributed by atoms with Crippen LogP contribution in [0.4, 0.5) is 0 Å². The van der Waals surface area contributed by atoms with Gasteiger partial charge in [-0.05, 0) is 20.8 Å². The van der Waals surface area contributed by atoms with E-state index in [-0.39, 0.29) is 0 Å². The topological polar surface area (TPSA) is 60.7 Å². The smallest absolute Gasteiger partial charge is 0.402 e. The Hall–Kier alpha value is -0.835. The number of rotatable bonds is 0. The first-order valence-corrected chi connectivity index (χ1v) is 4.01. The lowest BCUT2D eigenvalue weighted by Gasteiger charge is -1.96. The molecular formula is C9H15BO3. The summed E-state index contributed by atoms with van der Waals surface area (Å²) in [5.74, 6) is 0. The van der Waals surface area contributed by atoms with Crippen molar-refractivity contribution in [2.45, 2.75) is 20.8 Å². The van der Waals surface area contributed by atoms with Crippen LogP contribution in [0.5, 0.6) is 0 Å². The van der Waals surface area contributed by atoms with Crippen LogP contribution < -0.4 is 0 Å². The van der Waals surface area contributed by atoms with Crippen LogP contribution in [0.25, 0.3) is 0 Å². The standard InChI is InChI=1S/C9H12.BH3O3/c1-7-4-8(2)6-9(3)5-7;2-1(3)4/h4-6H,1-3H3;2-4H. The highest BCUT2D eigenvalue weighted by molar-refractivity contribution is 6.30. The molecule has 0 aliphatic rings. The molecule has 0 spiro atoms. The van der Waals surface area contributed by atoms with Gasteiger partial charge in [0.25, 0.3) is 0 Å². The molecule has 3 N–H and O–H groups in total. The van der Waals surface area contributed by atoms with Gasteiger partial charge in [0, 0.05) is 0 Å². The molecule has 0 aliphatic heterocycles. The molecule has 0 aromatic heterocycles. The second-order valence-corrected chi connectivity index (χ2v) is 3.01. The summed E-state index contributed by atoms with van der Waals surface area (Å²) in [4.78, 5) is 0. The maximum atomic E-state index is 7.17. The first-order valence-electron chi connectivity index (χ1n) is 4.01. The monoisotopic (exact) mass is 182 g/mol. The molecule has 0 radical (unpaired) electrons. The average Bonchev–Trinajstić information content (AvgIpc) is 1.80. The normalized spacial score (nSPS) is 8.77. The van der Waals surface area contributed by atoms with E-state index >= 15 is 0 Å². The van der Waals surface area contributed by atoms with Gasteiger partial charge in [0.15, 0.2) is 0 Å². The first kappa shape index (κ1) is 12.2. The summed E-state index contributed by atoms with van der Waals surface area (Å²) in [7, 11) is -2.17. The van der Waals surface area contributed by atoms with Crippen molar-refractivity contribution in [3.05, 3.63) is 34.9 Å². The van der Waals surface area contributed by atoms with Crippen molar-refractivity contribution >= 4 is 7.32 Å². The van der Waals surface area contributed by atoms with E-state index in [9.17, 15) is 0 Å². The highest BCUT2D eigenvalue weighted by atomic mass is 16.5. The fourth-order valence-corrected chi connectivity index (χ4v) is 1.20. The molecular weight excluding hydrogens is 167 g/mol. The van der Waals surface area contributed by atoms with E-state index in [2.05, 4.69) is 39.0 Å². The van der Waals surface area contributed by atoms with Gasteiger partial charge < -0.3 is 15.1 Å². The van der Waals surface area contributed by atoms with Crippen LogP contribution in [0, 0.1) is 20.8 Å². The van der Waals surface area contributed by atoms with E-state index in [4.69, 9.17) is 15.1 Å². The summed E-state index contributed by atoms with van der Waals surface area (Å²) in [5.41, 5.74) is 4.06. The van der Waals surface area contributed by atoms with Gasteiger partial charge in [0.1, 0.15) is 0 Å². The SMILES string of the molecule is Cc1cc(C)cc(C)c1.OB(O)O. The lowest BCUT2D eigenvalue weighted by Crippen LogP contribution is -2.07. The maximum absolute atomic E-state index is 7.17. The minimum atomic E-state index is -2.17. The Morgan fingerprint density at radius 1 is 0.769 bits per heavy atom. The molecule has 3 nitrogen and oxygen atoms in total. The van der Waals surface area contributed by atoms with Crippen molar-refractivity contribution < 1.29 is 15.1 Å². The molecule has 1 aromatic carbocycles. The number of hydrogen-bond donors (Lipinski definition) is 3. The lowest BCUT2D eigenvalue weighted by molar-refractivity contribution is 0.278. The summed E-state index contributed by atoms with van der Waals surface area (Å²) < 4.78 is 0. The zero-order chi connectivity index (χ0) is 10.4. The summed E-state index contributed by atoms with van der Waals surface area (Å²) in [6, 6.07) is 6.56. The van der Waals surface area contributed by atoms with Gasteiger partial charge in [0.2, 0.25) is 0 Å². The van der Waals surface area contributed by atoms with Gasteiger partial charge in [-0.15, -0.1) is 0 Å². The van der Waals surface area contributed by atoms with Crippen LogP contribution in [-0.2, 0) is 0 Å². The van der Waals surface area contributed by atoms with Crippen molar-refractivity contribution in [2.75, 3.05) is 0 Å². The van der Waals surface area contributed by atoms with E-state index in [0.717, 1.165) is 0 Å². The molecule has 0 heterocycles. The zero-order valence-corrected chi connectivity index (χ0v) is 8.15. The van der Waals surface area contributed by atoms with Crippen molar-refractivity contribution in [3.8, 4) is 0 Å². The minimum absolute atomic E-state index is 1.35. The van der Waals surface area contributed by atoms with Gasteiger partial charge in [0.05, 0.1) is 0 Å². The molecule has 0 amide bonds. The predicted molar refractivity (Wildman–Crippen MR) is 53.1 cm³/mol. The van der Waals surface area contributed by atoms with Crippen LogP contribution in [0.15, 0.2) is 18.2 Å². The van der Waals surface area contributed by atoms with E-state index in [1.54, 1.807) is 0 Å². The molecule has 0 saturated heterocycles. The fraction of sp³-hybridized carbons (Fsp3) is 0.333. The Morgan fingerprint density at radius 2 is 0.923 bits per heavy atom. The van der Waals surface area contributed by atoms with E-state index in [1.165, 1.54) is 16.7 Å². The molecule has 72 valence electrons. The Morgan fingerprint density at radius 3 is 1.08 bits per heavy atom. The van der Waals surface area contributed by atoms with Crippen LogP contribution in [0.3, 0.4) is 0 Å². The molecule has 0 bridgehead atoms. The number of benzene rings is 1. The van der Waals surface area contributed by atoms with Crippen molar-refractivity contribution in [1.29, 1.82) is 0 Å². The van der Waals surface area contributed by atoms with Gasteiger partial charge in [-0.2, -0.15) is 0 Å². The van der Waals surface area contributed by atoms with E-state index in [0.29, 0.717) is 0 Å². The summed E-state index contributed by atoms with van der Waals surface area (Å²) in [5, 5.41) is 21.5. The van der Waals surface area contributed by atoms with Crippen LogP contribution in [-0.4, -0.2) is 22.4 Å².